The second-order valence-corrected chi connectivity index (χ2v) is 6.25. The summed E-state index contributed by atoms with van der Waals surface area (Å²) >= 11 is 0. The number of aliphatic hydroxyl groups is 1. The Balaban J connectivity index is 1.81. The van der Waals surface area contributed by atoms with Crippen LogP contribution >= 0.6 is 0 Å². The van der Waals surface area contributed by atoms with Gasteiger partial charge >= 0.3 is 0 Å². The van der Waals surface area contributed by atoms with Crippen molar-refractivity contribution in [2.45, 2.75) is 24.9 Å². The maximum absolute atomic E-state index is 13.0. The third kappa shape index (κ3) is 2.83. The van der Waals surface area contributed by atoms with Crippen LogP contribution in [-0.2, 0) is 15.0 Å². The minimum absolute atomic E-state index is 0.0754. The van der Waals surface area contributed by atoms with E-state index in [9.17, 15) is 19.1 Å². The molecule has 5 heteroatoms. The first kappa shape index (κ1) is 16.3. The number of benzene rings is 2. The van der Waals surface area contributed by atoms with Crippen molar-refractivity contribution < 1.29 is 19.1 Å². The highest BCUT2D eigenvalue weighted by molar-refractivity contribution is 6.08. The fraction of sp³-hybridized carbons (Fsp3) is 0.263. The van der Waals surface area contributed by atoms with Gasteiger partial charge in [-0.15, -0.1) is 0 Å². The second kappa shape index (κ2) is 6.17. The van der Waals surface area contributed by atoms with Gasteiger partial charge in [0.05, 0.1) is 18.1 Å². The van der Waals surface area contributed by atoms with E-state index < -0.39 is 17.3 Å². The van der Waals surface area contributed by atoms with Crippen LogP contribution in [0.2, 0.25) is 0 Å². The molecule has 1 aliphatic rings. The summed E-state index contributed by atoms with van der Waals surface area (Å²) in [4.78, 5) is 26.2. The zero-order valence-corrected chi connectivity index (χ0v) is 13.3. The number of amides is 2. The van der Waals surface area contributed by atoms with Crippen LogP contribution < -0.4 is 0 Å². The molecular weight excluding hydrogens is 309 g/mol. The van der Waals surface area contributed by atoms with E-state index in [-0.39, 0.29) is 24.8 Å². The molecule has 3 rings (SSSR count). The Morgan fingerprint density at radius 1 is 1.12 bits per heavy atom. The van der Waals surface area contributed by atoms with Gasteiger partial charge < -0.3 is 5.11 Å². The summed E-state index contributed by atoms with van der Waals surface area (Å²) in [7, 11) is 0. The SMILES string of the molecule is CC1(c2ccccc2)CC(=O)N(CC(O)c2ccc(F)cc2)C1=O. The molecule has 0 bridgehead atoms. The molecule has 4 nitrogen and oxygen atoms in total. The predicted octanol–water partition coefficient (Wildman–Crippen LogP) is 2.58. The molecule has 0 aromatic heterocycles. The third-order valence-electron chi connectivity index (χ3n) is 4.54. The number of nitrogens with zero attached hydrogens (tertiary/aromatic N) is 1. The van der Waals surface area contributed by atoms with E-state index in [1.807, 2.05) is 30.3 Å². The van der Waals surface area contributed by atoms with Gasteiger partial charge in [-0.05, 0) is 30.2 Å². The van der Waals surface area contributed by atoms with Crippen LogP contribution in [0, 0.1) is 5.82 Å². The first-order chi connectivity index (χ1) is 11.4. The smallest absolute Gasteiger partial charge is 0.240 e. The summed E-state index contributed by atoms with van der Waals surface area (Å²) in [5, 5.41) is 10.3. The van der Waals surface area contributed by atoms with Crippen LogP contribution in [-0.4, -0.2) is 28.4 Å². The van der Waals surface area contributed by atoms with Crippen LogP contribution in [0.1, 0.15) is 30.6 Å². The monoisotopic (exact) mass is 327 g/mol. The topological polar surface area (TPSA) is 57.6 Å². The summed E-state index contributed by atoms with van der Waals surface area (Å²) in [6.45, 7) is 1.61. The third-order valence-corrected chi connectivity index (χ3v) is 4.54. The lowest BCUT2D eigenvalue weighted by molar-refractivity contribution is -0.141. The minimum atomic E-state index is -1.04. The van der Waals surface area contributed by atoms with E-state index >= 15 is 0 Å². The molecule has 0 radical (unpaired) electrons. The van der Waals surface area contributed by atoms with E-state index in [1.165, 1.54) is 24.3 Å². The van der Waals surface area contributed by atoms with Gasteiger partial charge in [-0.3, -0.25) is 14.5 Å². The highest BCUT2D eigenvalue weighted by Gasteiger charge is 2.49. The van der Waals surface area contributed by atoms with Crippen molar-refractivity contribution in [3.8, 4) is 0 Å². The number of likely N-dealkylation sites (tertiary alicyclic amines) is 1. The Morgan fingerprint density at radius 2 is 1.75 bits per heavy atom. The lowest BCUT2D eigenvalue weighted by Gasteiger charge is -2.24. The summed E-state index contributed by atoms with van der Waals surface area (Å²) in [6.07, 6.45) is -0.969. The molecule has 2 aromatic carbocycles. The fourth-order valence-corrected chi connectivity index (χ4v) is 3.06. The summed E-state index contributed by atoms with van der Waals surface area (Å²) in [5.74, 6) is -1.04. The lowest BCUT2D eigenvalue weighted by Crippen LogP contribution is -2.38. The van der Waals surface area contributed by atoms with E-state index in [4.69, 9.17) is 0 Å². The van der Waals surface area contributed by atoms with Gasteiger partial charge in [-0.1, -0.05) is 42.5 Å². The zero-order valence-electron chi connectivity index (χ0n) is 13.3. The summed E-state index contributed by atoms with van der Waals surface area (Å²) < 4.78 is 13.0. The van der Waals surface area contributed by atoms with Crippen LogP contribution in [0.4, 0.5) is 4.39 Å². The molecule has 1 fully saturated rings. The predicted molar refractivity (Wildman–Crippen MR) is 86.5 cm³/mol. The quantitative estimate of drug-likeness (QED) is 0.878. The maximum Gasteiger partial charge on any atom is 0.240 e. The maximum atomic E-state index is 13.0. The first-order valence-corrected chi connectivity index (χ1v) is 7.75. The molecule has 2 atom stereocenters. The van der Waals surface area contributed by atoms with E-state index in [0.717, 1.165) is 10.5 Å². The Bertz CT molecular complexity index is 760. The van der Waals surface area contributed by atoms with Crippen molar-refractivity contribution in [1.29, 1.82) is 0 Å². The molecule has 1 N–H and O–H groups in total. The van der Waals surface area contributed by atoms with Gasteiger partial charge in [0.1, 0.15) is 5.82 Å². The number of aliphatic hydroxyl groups excluding tert-OH is 1. The van der Waals surface area contributed by atoms with E-state index in [0.29, 0.717) is 5.56 Å². The van der Waals surface area contributed by atoms with Gasteiger partial charge in [-0.2, -0.15) is 0 Å². The number of rotatable bonds is 4. The number of carbonyl (C=O) groups excluding carboxylic acids is 2. The van der Waals surface area contributed by atoms with Gasteiger partial charge in [0.15, 0.2) is 0 Å². The van der Waals surface area contributed by atoms with E-state index in [1.54, 1.807) is 6.92 Å². The van der Waals surface area contributed by atoms with Crippen LogP contribution in [0.5, 0.6) is 0 Å². The lowest BCUT2D eigenvalue weighted by atomic mass is 9.81. The van der Waals surface area contributed by atoms with Gasteiger partial charge in [0.2, 0.25) is 11.8 Å². The Hall–Kier alpha value is -2.53. The van der Waals surface area contributed by atoms with Crippen LogP contribution in [0.25, 0.3) is 0 Å². The highest BCUT2D eigenvalue weighted by atomic mass is 19.1. The van der Waals surface area contributed by atoms with Gasteiger partial charge in [0.25, 0.3) is 0 Å². The van der Waals surface area contributed by atoms with Crippen molar-refractivity contribution in [3.63, 3.8) is 0 Å². The molecule has 0 spiro atoms. The highest BCUT2D eigenvalue weighted by Crippen LogP contribution is 2.36. The number of imide groups is 1. The van der Waals surface area contributed by atoms with Crippen molar-refractivity contribution >= 4 is 11.8 Å². The minimum Gasteiger partial charge on any atom is -0.387 e. The fourth-order valence-electron chi connectivity index (χ4n) is 3.06. The molecule has 2 unspecified atom stereocenters. The second-order valence-electron chi connectivity index (χ2n) is 6.25. The van der Waals surface area contributed by atoms with Gasteiger partial charge in [-0.25, -0.2) is 4.39 Å². The zero-order chi connectivity index (χ0) is 17.3. The number of halogens is 1. The molecule has 124 valence electrons. The van der Waals surface area contributed by atoms with Crippen molar-refractivity contribution in [2.24, 2.45) is 0 Å². The molecule has 1 saturated heterocycles. The largest absolute Gasteiger partial charge is 0.387 e. The molecular formula is C19H18FNO3. The molecule has 0 aliphatic carbocycles. The standard InChI is InChI=1S/C19H18FNO3/c1-19(14-5-3-2-4-6-14)11-17(23)21(18(19)24)12-16(22)13-7-9-15(20)10-8-13/h2-10,16,22H,11-12H2,1H3. The molecule has 1 heterocycles. The molecule has 24 heavy (non-hydrogen) atoms. The van der Waals surface area contributed by atoms with Crippen molar-refractivity contribution in [3.05, 3.63) is 71.5 Å². The summed E-state index contributed by atoms with van der Waals surface area (Å²) in [5.41, 5.74) is 0.327. The number of hydrogen-bond acceptors (Lipinski definition) is 3. The molecule has 0 saturated carbocycles. The van der Waals surface area contributed by atoms with Crippen molar-refractivity contribution in [2.75, 3.05) is 6.54 Å². The Labute approximate surface area is 139 Å². The average Bonchev–Trinajstić information content (AvgIpc) is 2.80. The molecule has 2 amide bonds. The number of carbonyl (C=O) groups is 2. The summed E-state index contributed by atoms with van der Waals surface area (Å²) in [6, 6.07) is 14.5. The number of hydrogen-bond donors (Lipinski definition) is 1. The first-order valence-electron chi connectivity index (χ1n) is 7.75. The molecule has 1 aliphatic heterocycles. The number of β-amino-alcohol motifs (C(OH)–C–C–N with tert-alkyl or cyclic N) is 1. The van der Waals surface area contributed by atoms with Crippen molar-refractivity contribution in [1.82, 2.24) is 4.90 Å². The molecule has 2 aromatic rings. The average molecular weight is 327 g/mol. The Morgan fingerprint density at radius 3 is 2.38 bits per heavy atom. The van der Waals surface area contributed by atoms with E-state index in [2.05, 4.69) is 0 Å². The van der Waals surface area contributed by atoms with Crippen LogP contribution in [0.15, 0.2) is 54.6 Å². The van der Waals surface area contributed by atoms with Gasteiger partial charge in [0, 0.05) is 6.42 Å². The van der Waals surface area contributed by atoms with Crippen LogP contribution in [0.3, 0.4) is 0 Å². The normalized spacial score (nSPS) is 22.0. The Kier molecular flexibility index (Phi) is 4.20.